The van der Waals surface area contributed by atoms with E-state index >= 15 is 0 Å². The molecular weight excluding hydrogens is 526 g/mol. The Kier molecular flexibility index (Phi) is 7.97. The van der Waals surface area contributed by atoms with Crippen LogP contribution in [0.15, 0.2) is 97.3 Å². The first-order chi connectivity index (χ1) is 20.1. The van der Waals surface area contributed by atoms with Crippen LogP contribution in [0.1, 0.15) is 36.5 Å². The number of nitrogens with zero attached hydrogens (tertiary/aromatic N) is 5. The van der Waals surface area contributed by atoms with Crippen molar-refractivity contribution in [1.29, 1.82) is 0 Å². The van der Waals surface area contributed by atoms with Gasteiger partial charge in [-0.05, 0) is 30.4 Å². The summed E-state index contributed by atoms with van der Waals surface area (Å²) in [5.74, 6) is -0.0505. The van der Waals surface area contributed by atoms with Gasteiger partial charge in [0.05, 0.1) is 12.7 Å². The van der Waals surface area contributed by atoms with Crippen LogP contribution in [0.2, 0.25) is 0 Å². The minimum Gasteiger partial charge on any atom is -0.474 e. The van der Waals surface area contributed by atoms with Crippen molar-refractivity contribution in [3.63, 3.8) is 0 Å². The maximum Gasteiger partial charge on any atom is 0.347 e. The number of likely N-dealkylation sites (tertiary alicyclic amines) is 1. The lowest BCUT2D eigenvalue weighted by molar-refractivity contribution is -0.0273. The van der Waals surface area contributed by atoms with Crippen molar-refractivity contribution >= 4 is 17.1 Å². The summed E-state index contributed by atoms with van der Waals surface area (Å²) in [4.78, 5) is 26.4. The lowest BCUT2D eigenvalue weighted by atomic mass is 10.00. The summed E-state index contributed by atoms with van der Waals surface area (Å²) >= 11 is 0. The standard InChI is InChI=1S/C30H29N5O6/c36-26-12-13-27(37)41-30-32-31-25-20-24(40-26)29(33-35(25)30)38-19-7-16-34-17-14-23(15-18-34)39-28(21-8-3-1-4-9-21)22-10-5-2-6-11-22/h1-6,8-13,20,23,28H,7,14-19H2. The van der Waals surface area contributed by atoms with Crippen LogP contribution in [0.25, 0.3) is 17.1 Å². The molecule has 11 heteroatoms. The monoisotopic (exact) mass is 555 g/mol. The fraction of sp³-hybridized carbons (Fsp3) is 0.300. The van der Waals surface area contributed by atoms with Gasteiger partial charge in [-0.1, -0.05) is 65.8 Å². The van der Waals surface area contributed by atoms with Gasteiger partial charge in [0.2, 0.25) is 0 Å². The molecule has 0 aliphatic carbocycles. The van der Waals surface area contributed by atoms with Crippen molar-refractivity contribution in [2.24, 2.45) is 0 Å². The predicted octanol–water partition coefficient (Wildman–Crippen LogP) is 3.79. The first-order valence-corrected chi connectivity index (χ1v) is 13.6. The lowest BCUT2D eigenvalue weighted by Gasteiger charge is -2.34. The molecule has 0 saturated carbocycles. The normalized spacial score (nSPS) is 14.6. The predicted molar refractivity (Wildman–Crippen MR) is 150 cm³/mol. The molecule has 1 saturated heterocycles. The van der Waals surface area contributed by atoms with Gasteiger partial charge in [-0.15, -0.1) is 10.2 Å². The Balaban J connectivity index is 1.05. The first kappa shape index (κ1) is 26.6. The Labute approximate surface area is 234 Å². The molecule has 6 aromatic rings. The third-order valence-corrected chi connectivity index (χ3v) is 6.98. The maximum atomic E-state index is 12.1. The van der Waals surface area contributed by atoms with Crippen molar-refractivity contribution in [3.05, 3.63) is 111 Å². The molecular formula is C30H29N5O6. The number of hydrogen-bond donors (Lipinski definition) is 0. The van der Waals surface area contributed by atoms with E-state index in [1.165, 1.54) is 10.6 Å². The Morgan fingerprint density at radius 2 is 1.51 bits per heavy atom. The third kappa shape index (κ3) is 6.42. The molecule has 0 amide bonds. The smallest absolute Gasteiger partial charge is 0.347 e. The van der Waals surface area contributed by atoms with Gasteiger partial charge < -0.3 is 23.2 Å². The van der Waals surface area contributed by atoms with Gasteiger partial charge in [-0.2, -0.15) is 4.52 Å². The minimum atomic E-state index is -0.796. The zero-order valence-electron chi connectivity index (χ0n) is 22.3. The quantitative estimate of drug-likeness (QED) is 0.248. The summed E-state index contributed by atoms with van der Waals surface area (Å²) < 4.78 is 24.2. The SMILES string of the molecule is O=c1ccc(=O)oc2nnc3cc(o1)c(OCCCN1CCC(OC(c4ccccc4)c4ccccc4)CC1)nn32. The zero-order valence-corrected chi connectivity index (χ0v) is 22.3. The molecule has 0 radical (unpaired) electrons. The Hall–Kier alpha value is -4.61. The van der Waals surface area contributed by atoms with Crippen LogP contribution in [0, 0.1) is 0 Å². The third-order valence-electron chi connectivity index (χ3n) is 6.98. The van der Waals surface area contributed by atoms with E-state index in [0.29, 0.717) is 6.61 Å². The first-order valence-electron chi connectivity index (χ1n) is 13.6. The number of rotatable bonds is 9. The minimum absolute atomic E-state index is 0.0817. The van der Waals surface area contributed by atoms with Gasteiger partial charge in [0.15, 0.2) is 11.2 Å². The number of aromatic nitrogens is 4. The molecule has 1 aliphatic rings. The van der Waals surface area contributed by atoms with E-state index in [-0.39, 0.29) is 35.2 Å². The van der Waals surface area contributed by atoms with Gasteiger partial charge in [-0.3, -0.25) is 0 Å². The van der Waals surface area contributed by atoms with E-state index in [4.69, 9.17) is 18.3 Å². The van der Waals surface area contributed by atoms with Crippen LogP contribution in [-0.4, -0.2) is 57.1 Å². The Bertz CT molecular complexity index is 1700. The second kappa shape index (κ2) is 12.3. The van der Waals surface area contributed by atoms with E-state index < -0.39 is 11.3 Å². The van der Waals surface area contributed by atoms with Gasteiger partial charge >= 0.3 is 17.1 Å². The van der Waals surface area contributed by atoms with Crippen LogP contribution >= 0.6 is 0 Å². The molecule has 0 N–H and O–H groups in total. The molecule has 2 aromatic carbocycles. The molecule has 0 atom stereocenters. The summed E-state index contributed by atoms with van der Waals surface area (Å²) in [7, 11) is 0. The van der Waals surface area contributed by atoms with Crippen molar-refractivity contribution in [1.82, 2.24) is 24.7 Å². The molecule has 7 rings (SSSR count). The average molecular weight is 556 g/mol. The molecule has 11 nitrogen and oxygen atoms in total. The molecule has 1 aliphatic heterocycles. The summed E-state index contributed by atoms with van der Waals surface area (Å²) in [6.45, 7) is 3.03. The maximum absolute atomic E-state index is 12.1. The number of piperidine rings is 1. The summed E-state index contributed by atoms with van der Waals surface area (Å²) in [6.07, 6.45) is 2.70. The van der Waals surface area contributed by atoms with E-state index in [0.717, 1.165) is 62.2 Å². The fourth-order valence-electron chi connectivity index (χ4n) is 4.94. The highest BCUT2D eigenvalue weighted by molar-refractivity contribution is 5.60. The van der Waals surface area contributed by atoms with Gasteiger partial charge in [0, 0.05) is 37.8 Å². The summed E-state index contributed by atoms with van der Waals surface area (Å²) in [5, 5.41) is 12.0. The highest BCUT2D eigenvalue weighted by Crippen LogP contribution is 2.30. The second-order valence-electron chi connectivity index (χ2n) is 9.82. The van der Waals surface area contributed by atoms with Crippen LogP contribution in [0.4, 0.5) is 0 Å². The molecule has 1 fully saturated rings. The van der Waals surface area contributed by atoms with Crippen molar-refractivity contribution in [2.75, 3.05) is 26.2 Å². The number of ether oxygens (including phenoxy) is 2. The summed E-state index contributed by atoms with van der Waals surface area (Å²) in [6, 6.07) is 24.1. The molecule has 0 spiro atoms. The van der Waals surface area contributed by atoms with Gasteiger partial charge in [-0.25, -0.2) is 9.59 Å². The van der Waals surface area contributed by atoms with Crippen LogP contribution in [0.5, 0.6) is 5.88 Å². The van der Waals surface area contributed by atoms with Crippen LogP contribution in [0.3, 0.4) is 0 Å². The molecule has 210 valence electrons. The molecule has 4 bridgehead atoms. The van der Waals surface area contributed by atoms with E-state index in [1.54, 1.807) is 0 Å². The summed E-state index contributed by atoms with van der Waals surface area (Å²) in [5.41, 5.74) is 1.09. The Morgan fingerprint density at radius 3 is 2.20 bits per heavy atom. The van der Waals surface area contributed by atoms with E-state index in [2.05, 4.69) is 44.5 Å². The Morgan fingerprint density at radius 1 is 0.854 bits per heavy atom. The average Bonchev–Trinajstić information content (AvgIpc) is 3.37. The van der Waals surface area contributed by atoms with E-state index in [1.807, 2.05) is 36.4 Å². The highest BCUT2D eigenvalue weighted by atomic mass is 16.5. The molecule has 41 heavy (non-hydrogen) atoms. The van der Waals surface area contributed by atoms with Gasteiger partial charge in [0.1, 0.15) is 6.10 Å². The number of benzene rings is 2. The fourth-order valence-corrected chi connectivity index (χ4v) is 4.94. The largest absolute Gasteiger partial charge is 0.474 e. The zero-order chi connectivity index (χ0) is 28.0. The molecule has 5 heterocycles. The van der Waals surface area contributed by atoms with Crippen molar-refractivity contribution in [2.45, 2.75) is 31.5 Å². The van der Waals surface area contributed by atoms with Gasteiger partial charge in [0.25, 0.3) is 5.88 Å². The number of fused-ring (bicyclic) bond motifs is 6. The van der Waals surface area contributed by atoms with Crippen molar-refractivity contribution < 1.29 is 18.3 Å². The van der Waals surface area contributed by atoms with Crippen molar-refractivity contribution in [3.8, 4) is 5.88 Å². The number of hydrogen-bond acceptors (Lipinski definition) is 10. The highest BCUT2D eigenvalue weighted by Gasteiger charge is 2.24. The second-order valence-corrected chi connectivity index (χ2v) is 9.82. The van der Waals surface area contributed by atoms with E-state index in [9.17, 15) is 9.59 Å². The van der Waals surface area contributed by atoms with Crippen LogP contribution in [-0.2, 0) is 4.74 Å². The molecule has 0 unspecified atom stereocenters. The molecule has 4 aromatic heterocycles. The van der Waals surface area contributed by atoms with Crippen LogP contribution < -0.4 is 16.0 Å². The lowest BCUT2D eigenvalue weighted by Crippen LogP contribution is -2.38. The topological polar surface area (TPSA) is 125 Å².